The van der Waals surface area contributed by atoms with Gasteiger partial charge >= 0.3 is 21.3 Å². The normalized spacial score (nSPS) is 36.8. The number of esters is 1. The minimum Gasteiger partial charge on any atom is -0.458 e. The van der Waals surface area contributed by atoms with E-state index < -0.39 is 44.6 Å². The highest BCUT2D eigenvalue weighted by Gasteiger charge is 2.68. The van der Waals surface area contributed by atoms with Gasteiger partial charge in [-0.2, -0.15) is 17.2 Å². The topological polar surface area (TPSA) is 140 Å². The molecule has 3 N–H and O–H groups in total. The summed E-state index contributed by atoms with van der Waals surface area (Å²) in [6, 6.07) is 0. The number of alkyl halides is 2. The molecule has 1 aliphatic heterocycles. The molecular weight excluding hydrogens is 430 g/mol. The summed E-state index contributed by atoms with van der Waals surface area (Å²) in [7, 11) is -5.68. The van der Waals surface area contributed by atoms with Crippen molar-refractivity contribution in [2.45, 2.75) is 43.1 Å². The summed E-state index contributed by atoms with van der Waals surface area (Å²) in [6.07, 6.45) is 2.52. The van der Waals surface area contributed by atoms with Crippen LogP contribution in [-0.4, -0.2) is 73.2 Å². The molecule has 5 aliphatic rings. The standard InChI is InChI=1S/C18H26F2O9S/c19-17(20,30(24,25)26)10-27-14(23)16-3-11-1-12(4-16)18(13(2-11)5-16)28-8-15(6-21,7-22)9-29-18/h11-13,21-22H,1-10H2,(H,24,25,26). The van der Waals surface area contributed by atoms with Crippen LogP contribution in [0.25, 0.3) is 0 Å². The molecule has 0 aromatic heterocycles. The van der Waals surface area contributed by atoms with Crippen molar-refractivity contribution in [3.05, 3.63) is 0 Å². The van der Waals surface area contributed by atoms with Crippen LogP contribution >= 0.6 is 0 Å². The Morgan fingerprint density at radius 1 is 1.07 bits per heavy atom. The van der Waals surface area contributed by atoms with Crippen LogP contribution in [0.15, 0.2) is 0 Å². The van der Waals surface area contributed by atoms with E-state index in [2.05, 4.69) is 4.74 Å². The van der Waals surface area contributed by atoms with Gasteiger partial charge in [0.25, 0.3) is 0 Å². The third-order valence-electron chi connectivity index (χ3n) is 7.39. The van der Waals surface area contributed by atoms with E-state index >= 15 is 0 Å². The van der Waals surface area contributed by atoms with Crippen LogP contribution in [0.3, 0.4) is 0 Å². The Bertz CT molecular complexity index is 782. The van der Waals surface area contributed by atoms with Crippen LogP contribution in [0.2, 0.25) is 0 Å². The third kappa shape index (κ3) is 3.27. The van der Waals surface area contributed by atoms with Crippen molar-refractivity contribution in [2.24, 2.45) is 28.6 Å². The lowest BCUT2D eigenvalue weighted by atomic mass is 9.47. The molecule has 9 nitrogen and oxygen atoms in total. The zero-order valence-electron chi connectivity index (χ0n) is 16.3. The number of carbonyl (C=O) groups excluding carboxylic acids is 1. The zero-order valence-corrected chi connectivity index (χ0v) is 17.1. The second-order valence-corrected chi connectivity index (χ2v) is 11.0. The van der Waals surface area contributed by atoms with Crippen molar-refractivity contribution in [1.29, 1.82) is 0 Å². The summed E-state index contributed by atoms with van der Waals surface area (Å²) >= 11 is 0. The Morgan fingerprint density at radius 2 is 1.60 bits per heavy atom. The summed E-state index contributed by atoms with van der Waals surface area (Å²) in [5, 5.41) is 14.6. The molecule has 0 radical (unpaired) electrons. The molecule has 5 fully saturated rings. The Labute approximate surface area is 172 Å². The first-order valence-electron chi connectivity index (χ1n) is 9.93. The number of aliphatic hydroxyl groups excluding tert-OH is 2. The second kappa shape index (κ2) is 7.04. The van der Waals surface area contributed by atoms with Gasteiger partial charge in [-0.3, -0.25) is 9.35 Å². The SMILES string of the molecule is O=C(OCC(F)(F)S(=O)(=O)O)C12CC3CC(C1)C1(OCC(CO)(CO)CO1)C(C3)C2. The Kier molecular flexibility index (Phi) is 5.23. The maximum absolute atomic E-state index is 13.5. The number of ether oxygens (including phenoxy) is 3. The highest BCUT2D eigenvalue weighted by Crippen LogP contribution is 2.66. The number of hydrogen-bond acceptors (Lipinski definition) is 8. The lowest BCUT2D eigenvalue weighted by Gasteiger charge is -2.64. The van der Waals surface area contributed by atoms with Crippen LogP contribution in [0.5, 0.6) is 0 Å². The minimum atomic E-state index is -5.68. The number of rotatable bonds is 6. The van der Waals surface area contributed by atoms with Gasteiger partial charge in [-0.25, -0.2) is 0 Å². The van der Waals surface area contributed by atoms with Crippen molar-refractivity contribution in [2.75, 3.05) is 33.0 Å². The van der Waals surface area contributed by atoms with Crippen molar-refractivity contribution < 1.29 is 51.0 Å². The smallest absolute Gasteiger partial charge is 0.402 e. The molecule has 172 valence electrons. The Hall–Kier alpha value is -0.920. The maximum atomic E-state index is 13.5. The molecule has 0 aromatic carbocycles. The molecule has 0 aromatic rings. The van der Waals surface area contributed by atoms with Gasteiger partial charge in [0.05, 0.1) is 37.3 Å². The van der Waals surface area contributed by atoms with E-state index in [1.165, 1.54) is 0 Å². The van der Waals surface area contributed by atoms with E-state index in [1.807, 2.05) is 0 Å². The van der Waals surface area contributed by atoms with Gasteiger partial charge in [0.1, 0.15) is 0 Å². The lowest BCUT2D eigenvalue weighted by molar-refractivity contribution is -0.390. The summed E-state index contributed by atoms with van der Waals surface area (Å²) in [5.41, 5.74) is -1.91. The van der Waals surface area contributed by atoms with Crippen molar-refractivity contribution >= 4 is 16.1 Å². The molecule has 4 bridgehead atoms. The fourth-order valence-corrected chi connectivity index (χ4v) is 6.08. The van der Waals surface area contributed by atoms with E-state index in [4.69, 9.17) is 14.0 Å². The van der Waals surface area contributed by atoms with Crippen LogP contribution < -0.4 is 0 Å². The monoisotopic (exact) mass is 456 g/mol. The third-order valence-corrected chi connectivity index (χ3v) is 8.26. The van der Waals surface area contributed by atoms with Gasteiger partial charge < -0.3 is 24.4 Å². The number of halogens is 2. The van der Waals surface area contributed by atoms with E-state index in [9.17, 15) is 32.2 Å². The van der Waals surface area contributed by atoms with Crippen molar-refractivity contribution in [1.82, 2.24) is 0 Å². The van der Waals surface area contributed by atoms with E-state index in [0.717, 1.165) is 12.8 Å². The molecule has 1 saturated heterocycles. The quantitative estimate of drug-likeness (QED) is 0.386. The van der Waals surface area contributed by atoms with Crippen LogP contribution in [-0.2, 0) is 29.1 Å². The predicted octanol–water partition coefficient (Wildman–Crippen LogP) is 0.551. The van der Waals surface area contributed by atoms with E-state index in [-0.39, 0.29) is 44.2 Å². The highest BCUT2D eigenvalue weighted by molar-refractivity contribution is 7.86. The lowest BCUT2D eigenvalue weighted by Crippen LogP contribution is -2.68. The van der Waals surface area contributed by atoms with E-state index in [0.29, 0.717) is 19.3 Å². The molecular formula is C18H26F2O9S. The molecule has 1 heterocycles. The average Bonchev–Trinajstić information content (AvgIpc) is 2.69. The highest BCUT2D eigenvalue weighted by atomic mass is 32.2. The van der Waals surface area contributed by atoms with Gasteiger partial charge in [-0.1, -0.05) is 0 Å². The summed E-state index contributed by atoms with van der Waals surface area (Å²) in [6.45, 7) is -2.11. The number of carbonyl (C=O) groups is 1. The fraction of sp³-hybridized carbons (Fsp3) is 0.944. The first-order chi connectivity index (χ1) is 13.9. The van der Waals surface area contributed by atoms with Crippen molar-refractivity contribution in [3.63, 3.8) is 0 Å². The molecule has 0 amide bonds. The first-order valence-corrected chi connectivity index (χ1v) is 11.4. The fourth-order valence-electron chi connectivity index (χ4n) is 5.87. The van der Waals surface area contributed by atoms with Crippen LogP contribution in [0, 0.1) is 28.6 Å². The molecule has 12 heteroatoms. The largest absolute Gasteiger partial charge is 0.458 e. The first kappa shape index (κ1) is 22.3. The minimum absolute atomic E-state index is 0.107. The summed E-state index contributed by atoms with van der Waals surface area (Å²) < 4.78 is 74.0. The number of hydrogen-bond donors (Lipinski definition) is 3. The van der Waals surface area contributed by atoms with E-state index in [1.54, 1.807) is 0 Å². The van der Waals surface area contributed by atoms with Crippen LogP contribution in [0.4, 0.5) is 8.78 Å². The summed E-state index contributed by atoms with van der Waals surface area (Å²) in [4.78, 5) is 12.8. The predicted molar refractivity (Wildman–Crippen MR) is 94.7 cm³/mol. The van der Waals surface area contributed by atoms with Crippen molar-refractivity contribution in [3.8, 4) is 0 Å². The van der Waals surface area contributed by atoms with Gasteiger partial charge in [-0.05, 0) is 38.0 Å². The Morgan fingerprint density at radius 3 is 2.07 bits per heavy atom. The number of aliphatic hydroxyl groups is 2. The molecule has 4 saturated carbocycles. The van der Waals surface area contributed by atoms with Gasteiger partial charge in [0.2, 0.25) is 0 Å². The maximum Gasteiger partial charge on any atom is 0.402 e. The second-order valence-electron chi connectivity index (χ2n) is 9.43. The van der Waals surface area contributed by atoms with Gasteiger partial charge in [0, 0.05) is 11.8 Å². The molecule has 4 aliphatic carbocycles. The Balaban J connectivity index is 1.49. The molecule has 30 heavy (non-hydrogen) atoms. The molecule has 2 unspecified atom stereocenters. The van der Waals surface area contributed by atoms with Gasteiger partial charge in [0.15, 0.2) is 12.4 Å². The summed E-state index contributed by atoms with van der Waals surface area (Å²) in [5.74, 6) is -2.05. The average molecular weight is 456 g/mol. The van der Waals surface area contributed by atoms with Crippen LogP contribution in [0.1, 0.15) is 32.1 Å². The zero-order chi connectivity index (χ0) is 22.0. The molecule has 1 spiro atoms. The van der Waals surface area contributed by atoms with Gasteiger partial charge in [-0.15, -0.1) is 0 Å². The molecule has 5 rings (SSSR count). The molecule has 2 atom stereocenters.